The molecule has 0 aromatic rings. The fraction of sp³-hybridized carbons (Fsp3) is 1.00. The summed E-state index contributed by atoms with van der Waals surface area (Å²) in [5, 5.41) is 7.00. The van der Waals surface area contributed by atoms with Crippen LogP contribution in [-0.2, 0) is 14.2 Å². The van der Waals surface area contributed by atoms with E-state index in [2.05, 4.69) is 28.3 Å². The third-order valence-electron chi connectivity index (χ3n) is 0. The van der Waals surface area contributed by atoms with Gasteiger partial charge >= 0.3 is 28.3 Å². The minimum absolute atomic E-state index is 1.00. The average molecular weight is 175 g/mol. The van der Waals surface area contributed by atoms with Crippen LogP contribution in [0.3, 0.4) is 0 Å². The summed E-state index contributed by atoms with van der Waals surface area (Å²) in [5.74, 6) is 0. The van der Waals surface area contributed by atoms with Crippen LogP contribution in [0.25, 0.3) is 0 Å². The van der Waals surface area contributed by atoms with Gasteiger partial charge in [0.25, 0.3) is 0 Å². The summed E-state index contributed by atoms with van der Waals surface area (Å²) in [4.78, 5) is 0. The molecule has 0 aliphatic heterocycles. The summed E-state index contributed by atoms with van der Waals surface area (Å²) < 4.78 is 0. The monoisotopic (exact) mass is 174 g/mol. The van der Waals surface area contributed by atoms with E-state index in [0.717, 1.165) is 7.11 Å². The summed E-state index contributed by atoms with van der Waals surface area (Å²) in [6, 6.07) is 0. The third kappa shape index (κ3) is 12.3. The van der Waals surface area contributed by atoms with Crippen molar-refractivity contribution in [1.29, 1.82) is 0 Å². The van der Waals surface area contributed by atoms with Crippen LogP contribution in [0.5, 0.6) is 0 Å². The first-order valence-corrected chi connectivity index (χ1v) is 2.89. The Morgan fingerprint density at radius 3 is 1.50 bits per heavy atom. The maximum absolute atomic E-state index is 7.00. The van der Waals surface area contributed by atoms with Gasteiger partial charge in [0, 0.05) is 7.11 Å². The molecule has 0 atom stereocenters. The van der Waals surface area contributed by atoms with E-state index in [-0.39, 0.29) is 0 Å². The first-order chi connectivity index (χ1) is 2.00. The standard InChI is InChI=1S/CH4O.BrH.Cu/c1-2;;/h2H,1H3;1H;/q;;+1/p-1. The molecule has 0 aliphatic carbocycles. The van der Waals surface area contributed by atoms with E-state index in [4.69, 9.17) is 5.11 Å². The molecule has 0 aliphatic rings. The molecule has 1 N–H and O–H groups in total. The van der Waals surface area contributed by atoms with E-state index in [1.54, 1.807) is 0 Å². The van der Waals surface area contributed by atoms with Crippen molar-refractivity contribution >= 4 is 14.1 Å². The van der Waals surface area contributed by atoms with E-state index in [0.29, 0.717) is 0 Å². The van der Waals surface area contributed by atoms with Crippen LogP contribution in [0.4, 0.5) is 0 Å². The molecule has 0 heterocycles. The normalized spacial score (nSPS) is 3.25. The molecule has 0 radical (unpaired) electrons. The van der Waals surface area contributed by atoms with Gasteiger partial charge in [-0.3, -0.25) is 0 Å². The number of rotatable bonds is 0. The second kappa shape index (κ2) is 37.7. The summed E-state index contributed by atoms with van der Waals surface area (Å²) in [6.07, 6.45) is 0. The van der Waals surface area contributed by atoms with Gasteiger partial charge in [-0.2, -0.15) is 0 Å². The second-order valence-corrected chi connectivity index (χ2v) is 0. The fourth-order valence-corrected chi connectivity index (χ4v) is 0. The number of aliphatic hydroxyl groups is 1. The second-order valence-electron chi connectivity index (χ2n) is 0. The van der Waals surface area contributed by atoms with E-state index >= 15 is 0 Å². The van der Waals surface area contributed by atoms with Crippen LogP contribution in [0, 0.1) is 0 Å². The first kappa shape index (κ1) is 8.88. The topological polar surface area (TPSA) is 20.2 Å². The molecule has 0 unspecified atom stereocenters. The van der Waals surface area contributed by atoms with Crippen molar-refractivity contribution in [3.63, 3.8) is 0 Å². The van der Waals surface area contributed by atoms with Gasteiger partial charge in [0.05, 0.1) is 0 Å². The molecule has 0 saturated heterocycles. The maximum atomic E-state index is 7.00. The molecular formula is CH4BrCuO. The fourth-order valence-electron chi connectivity index (χ4n) is 0. The summed E-state index contributed by atoms with van der Waals surface area (Å²) in [7, 11) is 1.00. The van der Waals surface area contributed by atoms with Gasteiger partial charge in [-0.1, -0.05) is 0 Å². The first-order valence-electron chi connectivity index (χ1n) is 0.561. The van der Waals surface area contributed by atoms with Crippen molar-refractivity contribution < 1.29 is 19.3 Å². The molecule has 0 amide bonds. The van der Waals surface area contributed by atoms with E-state index < -0.39 is 0 Å². The Morgan fingerprint density at radius 2 is 1.50 bits per heavy atom. The Balaban J connectivity index is 0. The summed E-state index contributed by atoms with van der Waals surface area (Å²) in [6.45, 7) is 0. The molecular weight excluding hydrogens is 171 g/mol. The Bertz CT molecular complexity index is 8.00. The van der Waals surface area contributed by atoms with Crippen molar-refractivity contribution in [3.05, 3.63) is 0 Å². The molecule has 0 fully saturated rings. The van der Waals surface area contributed by atoms with Crippen molar-refractivity contribution in [3.8, 4) is 0 Å². The zero-order chi connectivity index (χ0) is 4.00. The quantitative estimate of drug-likeness (QED) is 0.530. The Hall–Kier alpha value is 0.959. The van der Waals surface area contributed by atoms with E-state index in [1.807, 2.05) is 0 Å². The van der Waals surface area contributed by atoms with Gasteiger partial charge in [0.1, 0.15) is 0 Å². The zero-order valence-electron chi connectivity index (χ0n) is 2.13. The van der Waals surface area contributed by atoms with Crippen molar-refractivity contribution in [2.75, 3.05) is 7.11 Å². The van der Waals surface area contributed by atoms with Crippen LogP contribution in [0.15, 0.2) is 0 Å². The van der Waals surface area contributed by atoms with Gasteiger partial charge in [-0.05, 0) is 0 Å². The Kier molecular flexibility index (Phi) is 83.6. The van der Waals surface area contributed by atoms with Gasteiger partial charge < -0.3 is 5.11 Å². The van der Waals surface area contributed by atoms with Crippen LogP contribution < -0.4 is 0 Å². The number of halogens is 1. The van der Waals surface area contributed by atoms with Crippen LogP contribution in [0.1, 0.15) is 0 Å². The molecule has 32 valence electrons. The van der Waals surface area contributed by atoms with Crippen molar-refractivity contribution in [2.24, 2.45) is 0 Å². The summed E-state index contributed by atoms with van der Waals surface area (Å²) >= 11 is 6.50. The predicted molar refractivity (Wildman–Crippen MR) is 17.1 cm³/mol. The van der Waals surface area contributed by atoms with Crippen LogP contribution in [0.2, 0.25) is 0 Å². The molecule has 0 aromatic heterocycles. The van der Waals surface area contributed by atoms with Crippen molar-refractivity contribution in [1.82, 2.24) is 0 Å². The van der Waals surface area contributed by atoms with Crippen molar-refractivity contribution in [2.45, 2.75) is 0 Å². The third-order valence-corrected chi connectivity index (χ3v) is 0. The van der Waals surface area contributed by atoms with Gasteiger partial charge in [0.15, 0.2) is 0 Å². The predicted octanol–water partition coefficient (Wildman–Crippen LogP) is 0.452. The SMILES string of the molecule is CO.[Cu][Br]. The van der Waals surface area contributed by atoms with E-state index in [1.165, 1.54) is 0 Å². The molecule has 0 bridgehead atoms. The number of aliphatic hydroxyl groups excluding tert-OH is 1. The number of hydrogen-bond donors (Lipinski definition) is 1. The molecule has 3 heteroatoms. The Morgan fingerprint density at radius 1 is 1.50 bits per heavy atom. The molecule has 1 nitrogen and oxygen atoms in total. The van der Waals surface area contributed by atoms with Crippen LogP contribution in [-0.4, -0.2) is 12.2 Å². The molecule has 0 spiro atoms. The van der Waals surface area contributed by atoms with Crippen LogP contribution >= 0.6 is 14.1 Å². The van der Waals surface area contributed by atoms with Gasteiger partial charge in [-0.15, -0.1) is 0 Å². The minimum atomic E-state index is 1.00. The van der Waals surface area contributed by atoms with E-state index in [9.17, 15) is 0 Å². The molecule has 0 aromatic carbocycles. The molecule has 0 rings (SSSR count). The van der Waals surface area contributed by atoms with Gasteiger partial charge in [-0.25, -0.2) is 0 Å². The average Bonchev–Trinajstić information content (AvgIpc) is 1.50. The molecule has 0 saturated carbocycles. The number of hydrogen-bond acceptors (Lipinski definition) is 1. The zero-order valence-corrected chi connectivity index (χ0v) is 4.65. The molecule has 4 heavy (non-hydrogen) atoms. The summed E-state index contributed by atoms with van der Waals surface area (Å²) in [5.41, 5.74) is 0. The van der Waals surface area contributed by atoms with Gasteiger partial charge in [0.2, 0.25) is 0 Å². The Labute approximate surface area is 40.9 Å².